The van der Waals surface area contributed by atoms with Gasteiger partial charge in [-0.3, -0.25) is 9.78 Å². The molecule has 3 aromatic rings. The highest BCUT2D eigenvalue weighted by atomic mass is 19.1. The lowest BCUT2D eigenvalue weighted by Crippen LogP contribution is -2.34. The lowest BCUT2D eigenvalue weighted by Gasteiger charge is -2.16. The number of nitrogens with two attached hydrogens (primary N) is 1. The Bertz CT molecular complexity index is 949. The van der Waals surface area contributed by atoms with Crippen LogP contribution in [0.5, 0.6) is 0 Å². The molecule has 0 fully saturated rings. The third-order valence-corrected chi connectivity index (χ3v) is 4.41. The number of carbonyl (C=O) groups is 1. The third kappa shape index (κ3) is 3.80. The highest BCUT2D eigenvalue weighted by Crippen LogP contribution is 2.20. The minimum Gasteiger partial charge on any atom is -0.423 e. The summed E-state index contributed by atoms with van der Waals surface area (Å²) in [5, 5.41) is 20.5. The summed E-state index contributed by atoms with van der Waals surface area (Å²) < 4.78 is 13.6. The van der Waals surface area contributed by atoms with Gasteiger partial charge in [-0.1, -0.05) is 30.3 Å². The Hall–Kier alpha value is -2.61. The summed E-state index contributed by atoms with van der Waals surface area (Å²) in [6.45, 7) is 0.0446. The van der Waals surface area contributed by atoms with Crippen LogP contribution < -0.4 is 11.2 Å². The van der Waals surface area contributed by atoms with Crippen LogP contribution in [0, 0.1) is 5.82 Å². The molecule has 7 heteroatoms. The van der Waals surface area contributed by atoms with Crippen LogP contribution in [-0.2, 0) is 11.2 Å². The minimum absolute atomic E-state index is 0.0446. The fourth-order valence-electron chi connectivity index (χ4n) is 3.00. The molecule has 1 aromatic heterocycles. The zero-order valence-corrected chi connectivity index (χ0v) is 14.0. The fraction of sp³-hybridized carbons (Fsp3) is 0.158. The Balaban J connectivity index is 1.85. The van der Waals surface area contributed by atoms with Crippen LogP contribution in [0.4, 0.5) is 4.39 Å². The molecule has 4 N–H and O–H groups in total. The normalized spacial score (nSPS) is 12.2. The van der Waals surface area contributed by atoms with Crippen molar-refractivity contribution in [2.24, 2.45) is 5.73 Å². The van der Waals surface area contributed by atoms with Crippen molar-refractivity contribution in [3.05, 3.63) is 71.8 Å². The summed E-state index contributed by atoms with van der Waals surface area (Å²) in [5.74, 6) is -1.51. The average Bonchev–Trinajstić information content (AvgIpc) is 2.63. The van der Waals surface area contributed by atoms with Gasteiger partial charge in [-0.05, 0) is 28.6 Å². The summed E-state index contributed by atoms with van der Waals surface area (Å²) in [5.41, 5.74) is 6.80. The van der Waals surface area contributed by atoms with Crippen molar-refractivity contribution < 1.29 is 19.2 Å². The zero-order valence-electron chi connectivity index (χ0n) is 14.0. The van der Waals surface area contributed by atoms with Gasteiger partial charge in [-0.25, -0.2) is 4.39 Å². The minimum atomic E-state index is -1.95. The van der Waals surface area contributed by atoms with Crippen LogP contribution in [0.15, 0.2) is 54.9 Å². The van der Waals surface area contributed by atoms with Crippen LogP contribution in [0.2, 0.25) is 0 Å². The van der Waals surface area contributed by atoms with Gasteiger partial charge < -0.3 is 15.8 Å². The van der Waals surface area contributed by atoms with Crippen LogP contribution in [0.3, 0.4) is 0 Å². The molecule has 0 bridgehead atoms. The second-order valence-corrected chi connectivity index (χ2v) is 6.14. The first-order chi connectivity index (χ1) is 12.5. The van der Waals surface area contributed by atoms with Gasteiger partial charge in [0.1, 0.15) is 11.6 Å². The standard InChI is InChI=1S/C19H18BFN2O3/c21-18-4-3-14(9-17(18)20(25)26)16(10-22)19(24)8-12-1-2-15-11-23-6-5-13(15)7-12/h1-7,9,11,16,25-26H,8,10,22H2/t16-/m1/s1. The van der Waals surface area contributed by atoms with E-state index in [0.29, 0.717) is 5.56 Å². The quantitative estimate of drug-likeness (QED) is 0.573. The predicted octanol–water partition coefficient (Wildman–Crippen LogP) is 0.908. The molecule has 1 atom stereocenters. The van der Waals surface area contributed by atoms with E-state index in [-0.39, 0.29) is 24.2 Å². The Kier molecular flexibility index (Phi) is 5.42. The molecule has 2 aromatic carbocycles. The Morgan fingerprint density at radius 2 is 1.96 bits per heavy atom. The van der Waals surface area contributed by atoms with Crippen LogP contribution >= 0.6 is 0 Å². The van der Waals surface area contributed by atoms with E-state index in [0.717, 1.165) is 22.4 Å². The number of nitrogens with zero attached hydrogens (tertiary/aromatic N) is 1. The van der Waals surface area contributed by atoms with Gasteiger partial charge in [-0.2, -0.15) is 0 Å². The van der Waals surface area contributed by atoms with Crippen LogP contribution in [0.1, 0.15) is 17.0 Å². The van der Waals surface area contributed by atoms with E-state index in [1.54, 1.807) is 12.4 Å². The molecule has 0 spiro atoms. The van der Waals surface area contributed by atoms with Crippen LogP contribution in [0.25, 0.3) is 10.8 Å². The molecular weight excluding hydrogens is 334 g/mol. The topological polar surface area (TPSA) is 96.4 Å². The summed E-state index contributed by atoms with van der Waals surface area (Å²) in [6.07, 6.45) is 3.62. The number of fused-ring (bicyclic) bond motifs is 1. The molecule has 0 amide bonds. The maximum Gasteiger partial charge on any atom is 0.491 e. The molecule has 0 aliphatic heterocycles. The first kappa shape index (κ1) is 18.2. The number of carbonyl (C=O) groups excluding carboxylic acids is 1. The number of pyridine rings is 1. The van der Waals surface area contributed by atoms with Crippen molar-refractivity contribution in [1.29, 1.82) is 0 Å². The molecule has 0 radical (unpaired) electrons. The van der Waals surface area contributed by atoms with Crippen molar-refractivity contribution in [3.63, 3.8) is 0 Å². The summed E-state index contributed by atoms with van der Waals surface area (Å²) in [4.78, 5) is 16.8. The summed E-state index contributed by atoms with van der Waals surface area (Å²) >= 11 is 0. The number of halogens is 1. The molecule has 0 unspecified atom stereocenters. The summed E-state index contributed by atoms with van der Waals surface area (Å²) in [6, 6.07) is 11.4. The Labute approximate surface area is 150 Å². The maximum absolute atomic E-state index is 13.6. The van der Waals surface area contributed by atoms with E-state index in [1.807, 2.05) is 24.3 Å². The number of Topliss-reactive ketones (excluding diaryl/α,β-unsaturated/α-hetero) is 1. The second kappa shape index (κ2) is 7.74. The number of hydrogen-bond donors (Lipinski definition) is 3. The molecule has 132 valence electrons. The lowest BCUT2D eigenvalue weighted by atomic mass is 9.77. The van der Waals surface area contributed by atoms with Crippen LogP contribution in [-0.4, -0.2) is 34.5 Å². The van der Waals surface area contributed by atoms with Gasteiger partial charge in [-0.15, -0.1) is 0 Å². The van der Waals surface area contributed by atoms with Crippen molar-refractivity contribution in [2.75, 3.05) is 6.54 Å². The molecule has 3 rings (SSSR count). The second-order valence-electron chi connectivity index (χ2n) is 6.14. The number of benzene rings is 2. The highest BCUT2D eigenvalue weighted by molar-refractivity contribution is 6.58. The molecule has 0 aliphatic carbocycles. The number of aromatic nitrogens is 1. The number of hydrogen-bond acceptors (Lipinski definition) is 5. The largest absolute Gasteiger partial charge is 0.491 e. The third-order valence-electron chi connectivity index (χ3n) is 4.41. The van der Waals surface area contributed by atoms with Gasteiger partial charge in [0.15, 0.2) is 0 Å². The predicted molar refractivity (Wildman–Crippen MR) is 98.5 cm³/mol. The van der Waals surface area contributed by atoms with Crippen molar-refractivity contribution >= 4 is 29.1 Å². The fourth-order valence-corrected chi connectivity index (χ4v) is 3.00. The van der Waals surface area contributed by atoms with E-state index in [1.165, 1.54) is 12.1 Å². The van der Waals surface area contributed by atoms with E-state index in [9.17, 15) is 19.2 Å². The first-order valence-corrected chi connectivity index (χ1v) is 8.20. The first-order valence-electron chi connectivity index (χ1n) is 8.20. The van der Waals surface area contributed by atoms with Crippen molar-refractivity contribution in [2.45, 2.75) is 12.3 Å². The average molecular weight is 352 g/mol. The molecule has 0 aliphatic rings. The highest BCUT2D eigenvalue weighted by Gasteiger charge is 2.23. The SMILES string of the molecule is NC[C@@H](C(=O)Cc1ccc2cnccc2c1)c1ccc(F)c(B(O)O)c1. The smallest absolute Gasteiger partial charge is 0.423 e. The van der Waals surface area contributed by atoms with Crippen molar-refractivity contribution in [1.82, 2.24) is 4.98 Å². The lowest BCUT2D eigenvalue weighted by molar-refractivity contribution is -0.119. The van der Waals surface area contributed by atoms with E-state index >= 15 is 0 Å². The molecule has 0 saturated carbocycles. The summed E-state index contributed by atoms with van der Waals surface area (Å²) in [7, 11) is -1.95. The van der Waals surface area contributed by atoms with E-state index in [4.69, 9.17) is 5.73 Å². The molecule has 5 nitrogen and oxygen atoms in total. The van der Waals surface area contributed by atoms with E-state index in [2.05, 4.69) is 4.98 Å². The molecular formula is C19H18BFN2O3. The Morgan fingerprint density at radius 1 is 1.15 bits per heavy atom. The molecule has 26 heavy (non-hydrogen) atoms. The maximum atomic E-state index is 13.6. The van der Waals surface area contributed by atoms with Crippen molar-refractivity contribution in [3.8, 4) is 0 Å². The zero-order chi connectivity index (χ0) is 18.7. The monoisotopic (exact) mass is 352 g/mol. The molecule has 0 saturated heterocycles. The van der Waals surface area contributed by atoms with Gasteiger partial charge >= 0.3 is 7.12 Å². The number of rotatable bonds is 6. The number of ketones is 1. The van der Waals surface area contributed by atoms with Gasteiger partial charge in [0, 0.05) is 36.2 Å². The van der Waals surface area contributed by atoms with E-state index < -0.39 is 18.9 Å². The Morgan fingerprint density at radius 3 is 2.69 bits per heavy atom. The molecule has 1 heterocycles. The van der Waals surface area contributed by atoms with Gasteiger partial charge in [0.25, 0.3) is 0 Å². The van der Waals surface area contributed by atoms with Gasteiger partial charge in [0.2, 0.25) is 0 Å². The van der Waals surface area contributed by atoms with Gasteiger partial charge in [0.05, 0.1) is 5.92 Å².